The first-order chi connectivity index (χ1) is 21.4. The predicted octanol–water partition coefficient (Wildman–Crippen LogP) is 3.95. The number of fused-ring (bicyclic) bond motifs is 7. The van der Waals surface area contributed by atoms with Gasteiger partial charge in [0.15, 0.2) is 17.3 Å². The summed E-state index contributed by atoms with van der Waals surface area (Å²) < 4.78 is 55.1. The van der Waals surface area contributed by atoms with Crippen molar-refractivity contribution in [2.75, 3.05) is 38.2 Å². The van der Waals surface area contributed by atoms with E-state index in [4.69, 9.17) is 18.9 Å². The Balaban J connectivity index is 1.46. The Morgan fingerprint density at radius 2 is 1.84 bits per heavy atom. The lowest BCUT2D eigenvalue weighted by Crippen LogP contribution is -2.66. The third kappa shape index (κ3) is 4.22. The lowest BCUT2D eigenvalue weighted by molar-refractivity contribution is -0.0210. The minimum absolute atomic E-state index is 0.0679. The molecule has 44 heavy (non-hydrogen) atoms. The molecule has 2 aromatic heterocycles. The van der Waals surface area contributed by atoms with Crippen LogP contribution in [0.25, 0.3) is 16.9 Å². The average Bonchev–Trinajstić information content (AvgIpc) is 3.47. The third-order valence-electron chi connectivity index (χ3n) is 7.98. The van der Waals surface area contributed by atoms with Crippen LogP contribution in [-0.4, -0.2) is 65.5 Å². The van der Waals surface area contributed by atoms with Crippen LogP contribution in [0.1, 0.15) is 34.6 Å². The summed E-state index contributed by atoms with van der Waals surface area (Å²) in [7, 11) is 0. The topological polar surface area (TPSA) is 104 Å². The number of hydrogen-bond donors (Lipinski definition) is 0. The summed E-state index contributed by atoms with van der Waals surface area (Å²) >= 11 is 0. The lowest BCUT2D eigenvalue weighted by atomic mass is 9.91. The van der Waals surface area contributed by atoms with Crippen LogP contribution in [0.2, 0.25) is 0 Å². The van der Waals surface area contributed by atoms with Crippen molar-refractivity contribution in [2.24, 2.45) is 0 Å². The summed E-state index contributed by atoms with van der Waals surface area (Å²) in [6.07, 6.45) is 1.52. The van der Waals surface area contributed by atoms with E-state index < -0.39 is 48.1 Å². The Morgan fingerprint density at radius 1 is 1.00 bits per heavy atom. The molecule has 5 heterocycles. The van der Waals surface area contributed by atoms with Gasteiger partial charge in [0, 0.05) is 36.1 Å². The van der Waals surface area contributed by atoms with E-state index in [9.17, 15) is 18.8 Å². The van der Waals surface area contributed by atoms with Gasteiger partial charge in [-0.05, 0) is 36.8 Å². The predicted molar refractivity (Wildman–Crippen MR) is 151 cm³/mol. The number of carbonyl (C=O) groups excluding carboxylic acids is 2. The van der Waals surface area contributed by atoms with Gasteiger partial charge in [0.2, 0.25) is 18.0 Å². The van der Waals surface area contributed by atoms with Gasteiger partial charge in [-0.15, -0.1) is 0 Å². The van der Waals surface area contributed by atoms with Crippen LogP contribution in [0.3, 0.4) is 0 Å². The van der Waals surface area contributed by atoms with Crippen molar-refractivity contribution >= 4 is 12.1 Å². The minimum Gasteiger partial charge on any atom is -0.451 e. The van der Waals surface area contributed by atoms with Crippen molar-refractivity contribution in [1.29, 1.82) is 0 Å². The molecule has 1 saturated heterocycles. The molecule has 0 radical (unpaired) electrons. The molecule has 1 fully saturated rings. The Bertz CT molecular complexity index is 1850. The molecule has 4 aromatic rings. The number of morpholine rings is 1. The Labute approximate surface area is 249 Å². The number of nitrogens with zero attached hydrogens (tertiary/aromatic N) is 4. The van der Waals surface area contributed by atoms with Crippen molar-refractivity contribution in [1.82, 2.24) is 14.1 Å². The van der Waals surface area contributed by atoms with E-state index in [1.165, 1.54) is 23.0 Å². The molecule has 7 rings (SSSR count). The molecule has 0 bridgehead atoms. The molecule has 1 amide bonds. The van der Waals surface area contributed by atoms with Crippen molar-refractivity contribution in [3.05, 3.63) is 106 Å². The minimum atomic E-state index is -1.01. The molecule has 0 aliphatic carbocycles. The molecule has 13 heteroatoms. The molecule has 3 aliphatic heterocycles. The number of pyridine rings is 1. The summed E-state index contributed by atoms with van der Waals surface area (Å²) in [6, 6.07) is 14.0. The van der Waals surface area contributed by atoms with Gasteiger partial charge in [0.05, 0.1) is 31.2 Å². The van der Waals surface area contributed by atoms with Crippen molar-refractivity contribution < 1.29 is 37.3 Å². The highest BCUT2D eigenvalue weighted by Crippen LogP contribution is 2.46. The second-order valence-corrected chi connectivity index (χ2v) is 10.3. The monoisotopic (exact) mass is 604 g/mol. The molecular weight excluding hydrogens is 578 g/mol. The van der Waals surface area contributed by atoms with Gasteiger partial charge in [-0.2, -0.15) is 0 Å². The number of benzene rings is 2. The molecule has 0 spiro atoms. The second kappa shape index (κ2) is 10.8. The number of aromatic nitrogens is 2. The van der Waals surface area contributed by atoms with E-state index in [1.54, 1.807) is 34.7 Å². The fourth-order valence-electron chi connectivity index (χ4n) is 6.19. The zero-order valence-corrected chi connectivity index (χ0v) is 23.4. The molecule has 11 nitrogen and oxygen atoms in total. The molecule has 2 atom stereocenters. The van der Waals surface area contributed by atoms with Gasteiger partial charge < -0.3 is 28.4 Å². The van der Waals surface area contributed by atoms with Gasteiger partial charge in [0.25, 0.3) is 5.91 Å². The molecule has 0 saturated carbocycles. The first-order valence-corrected chi connectivity index (χ1v) is 14.0. The lowest BCUT2D eigenvalue weighted by Gasteiger charge is -2.51. The maximum absolute atomic E-state index is 15.8. The number of para-hydroxylation sites is 1. The average molecular weight is 605 g/mol. The van der Waals surface area contributed by atoms with Crippen LogP contribution in [0.15, 0.2) is 71.8 Å². The standard InChI is InChI=1S/C31H26F2N4O7/c1-2-42-31(40)44-17-43-29-23(38)11-13-36-28(29)30(39)35-14-15-41-16-24(35)37(36)27-18-6-3-4-7-21(18)34-12-5-8-22(34)25-19(27)9-10-20(32)26(25)33/h3-13,24,27H,2,14-17H2,1H3/t24-,27?/m1/s1. The van der Waals surface area contributed by atoms with Crippen molar-refractivity contribution in [3.8, 4) is 22.7 Å². The highest BCUT2D eigenvalue weighted by molar-refractivity contribution is 5.97. The first-order valence-electron chi connectivity index (χ1n) is 14.0. The van der Waals surface area contributed by atoms with E-state index in [0.29, 0.717) is 11.3 Å². The fraction of sp³-hybridized carbons (Fsp3) is 0.258. The quantitative estimate of drug-likeness (QED) is 0.249. The van der Waals surface area contributed by atoms with Crippen LogP contribution in [0, 0.1) is 11.6 Å². The molecule has 3 aliphatic rings. The normalized spacial score (nSPS) is 18.3. The van der Waals surface area contributed by atoms with Gasteiger partial charge in [-0.3, -0.25) is 19.3 Å². The van der Waals surface area contributed by atoms with Gasteiger partial charge in [0.1, 0.15) is 12.2 Å². The largest absolute Gasteiger partial charge is 0.511 e. The number of rotatable bonds is 5. The zero-order chi connectivity index (χ0) is 30.5. The fourth-order valence-corrected chi connectivity index (χ4v) is 6.19. The van der Waals surface area contributed by atoms with Gasteiger partial charge in [-0.1, -0.05) is 24.3 Å². The maximum atomic E-state index is 15.8. The Hall–Kier alpha value is -5.17. The van der Waals surface area contributed by atoms with Crippen molar-refractivity contribution in [3.63, 3.8) is 0 Å². The van der Waals surface area contributed by atoms with Crippen LogP contribution < -0.4 is 15.2 Å². The van der Waals surface area contributed by atoms with Crippen LogP contribution in [0.5, 0.6) is 5.75 Å². The molecule has 2 aromatic carbocycles. The third-order valence-corrected chi connectivity index (χ3v) is 7.98. The highest BCUT2D eigenvalue weighted by Gasteiger charge is 2.47. The zero-order valence-electron chi connectivity index (χ0n) is 23.4. The summed E-state index contributed by atoms with van der Waals surface area (Å²) in [4.78, 5) is 40.4. The van der Waals surface area contributed by atoms with E-state index in [0.717, 1.165) is 17.3 Å². The van der Waals surface area contributed by atoms with Crippen molar-refractivity contribution in [2.45, 2.75) is 19.1 Å². The smallest absolute Gasteiger partial charge is 0.451 e. The molecule has 226 valence electrons. The van der Waals surface area contributed by atoms with Gasteiger partial charge >= 0.3 is 6.16 Å². The SMILES string of the molecule is CCOC(=O)OCOc1c2n(ccc1=O)N(C1c3ccccc3-n3cccc3-c3c1ccc(F)c3F)[C@@H]1COCCN1C2=O. The molecular formula is C31H26F2N4O7. The molecule has 0 N–H and O–H groups in total. The van der Waals surface area contributed by atoms with E-state index >= 15 is 4.39 Å². The Morgan fingerprint density at radius 3 is 2.68 bits per heavy atom. The van der Waals surface area contributed by atoms with Crippen LogP contribution >= 0.6 is 0 Å². The first kappa shape index (κ1) is 27.7. The highest BCUT2D eigenvalue weighted by atomic mass is 19.2. The summed E-state index contributed by atoms with van der Waals surface area (Å²) in [5.41, 5.74) is 1.67. The summed E-state index contributed by atoms with van der Waals surface area (Å²) in [5, 5.41) is 1.82. The number of amides is 1. The Kier molecular flexibility index (Phi) is 6.81. The number of halogens is 2. The van der Waals surface area contributed by atoms with Gasteiger partial charge in [-0.25, -0.2) is 13.6 Å². The van der Waals surface area contributed by atoms with E-state index in [-0.39, 0.29) is 43.4 Å². The van der Waals surface area contributed by atoms with E-state index in [1.807, 2.05) is 29.3 Å². The van der Waals surface area contributed by atoms with Crippen LogP contribution in [-0.2, 0) is 14.2 Å². The molecule has 1 unspecified atom stereocenters. The second-order valence-electron chi connectivity index (χ2n) is 10.3. The summed E-state index contributed by atoms with van der Waals surface area (Å²) in [6.45, 7) is 1.55. The number of ether oxygens (including phenoxy) is 4. The van der Waals surface area contributed by atoms with E-state index in [2.05, 4.69) is 0 Å². The van der Waals surface area contributed by atoms with Crippen LogP contribution in [0.4, 0.5) is 13.6 Å². The number of carbonyl (C=O) groups is 2. The maximum Gasteiger partial charge on any atom is 0.511 e. The summed E-state index contributed by atoms with van der Waals surface area (Å²) in [5.74, 6) is -2.85. The number of hydrogen-bond acceptors (Lipinski definition) is 8.